The van der Waals surface area contributed by atoms with Crippen LogP contribution in [0.15, 0.2) is 34.9 Å². The van der Waals surface area contributed by atoms with Gasteiger partial charge < -0.3 is 14.5 Å². The van der Waals surface area contributed by atoms with E-state index in [0.717, 1.165) is 19.5 Å². The second kappa shape index (κ2) is 6.28. The van der Waals surface area contributed by atoms with Crippen LogP contribution in [0.25, 0.3) is 0 Å². The average molecular weight is 341 g/mol. The highest BCUT2D eigenvalue weighted by Gasteiger charge is 2.40. The largest absolute Gasteiger partial charge is 0.387 e. The maximum atomic E-state index is 12.5. The maximum absolute atomic E-state index is 12.5. The Morgan fingerprint density at radius 2 is 2.12 bits per heavy atom. The second-order valence-electron chi connectivity index (χ2n) is 7.25. The van der Waals surface area contributed by atoms with Gasteiger partial charge in [-0.1, -0.05) is 29.4 Å². The molecule has 6 heteroatoms. The number of carbonyl (C=O) groups is 1. The Bertz CT molecular complexity index is 788. The van der Waals surface area contributed by atoms with Crippen molar-refractivity contribution in [1.29, 1.82) is 0 Å². The van der Waals surface area contributed by atoms with E-state index in [1.165, 1.54) is 11.1 Å². The van der Waals surface area contributed by atoms with E-state index in [-0.39, 0.29) is 5.91 Å². The van der Waals surface area contributed by atoms with Gasteiger partial charge in [-0.05, 0) is 30.9 Å². The van der Waals surface area contributed by atoms with Gasteiger partial charge in [-0.15, -0.1) is 0 Å². The number of fused-ring (bicyclic) bond motifs is 1. The minimum Gasteiger partial charge on any atom is -0.387 e. The smallest absolute Gasteiger partial charge is 0.276 e. The second-order valence-corrected chi connectivity index (χ2v) is 7.25. The Morgan fingerprint density at radius 1 is 1.32 bits per heavy atom. The SMILES string of the molecule is Cc1cc(C(=O)N2CCC(O)(CN3CCc4ccccc4C3)C2)no1. The minimum absolute atomic E-state index is 0.170. The predicted octanol–water partition coefficient (Wildman–Crippen LogP) is 1.62. The molecule has 6 nitrogen and oxygen atoms in total. The van der Waals surface area contributed by atoms with E-state index in [1.54, 1.807) is 17.9 Å². The van der Waals surface area contributed by atoms with Gasteiger partial charge in [0.2, 0.25) is 0 Å². The molecule has 1 fully saturated rings. The van der Waals surface area contributed by atoms with E-state index in [0.29, 0.717) is 37.5 Å². The molecule has 1 saturated heterocycles. The number of likely N-dealkylation sites (tertiary alicyclic amines) is 1. The summed E-state index contributed by atoms with van der Waals surface area (Å²) >= 11 is 0. The van der Waals surface area contributed by atoms with E-state index in [1.807, 2.05) is 0 Å². The Morgan fingerprint density at radius 3 is 2.88 bits per heavy atom. The fourth-order valence-electron chi connectivity index (χ4n) is 3.89. The molecule has 0 spiro atoms. The van der Waals surface area contributed by atoms with Crippen LogP contribution in [0.2, 0.25) is 0 Å². The van der Waals surface area contributed by atoms with Gasteiger partial charge in [-0.25, -0.2) is 0 Å². The average Bonchev–Trinajstić information content (AvgIpc) is 3.20. The highest BCUT2D eigenvalue weighted by Crippen LogP contribution is 2.27. The molecule has 2 aliphatic rings. The van der Waals surface area contributed by atoms with Crippen LogP contribution in [-0.2, 0) is 13.0 Å². The first-order valence-electron chi connectivity index (χ1n) is 8.77. The van der Waals surface area contributed by atoms with E-state index in [9.17, 15) is 9.90 Å². The third-order valence-corrected chi connectivity index (χ3v) is 5.19. The molecule has 1 aromatic carbocycles. The van der Waals surface area contributed by atoms with Crippen LogP contribution in [0.5, 0.6) is 0 Å². The number of hydrogen-bond donors (Lipinski definition) is 1. The molecule has 2 aromatic rings. The topological polar surface area (TPSA) is 69.8 Å². The van der Waals surface area contributed by atoms with Crippen LogP contribution in [0.1, 0.15) is 33.8 Å². The molecule has 1 unspecified atom stereocenters. The molecule has 4 rings (SSSR count). The molecule has 2 aliphatic heterocycles. The number of nitrogens with zero attached hydrogens (tertiary/aromatic N) is 3. The molecule has 1 N–H and O–H groups in total. The lowest BCUT2D eigenvalue weighted by Gasteiger charge is -2.34. The lowest BCUT2D eigenvalue weighted by Crippen LogP contribution is -2.47. The number of amides is 1. The quantitative estimate of drug-likeness (QED) is 0.919. The minimum atomic E-state index is -0.860. The molecule has 3 heterocycles. The Hall–Kier alpha value is -2.18. The number of carbonyl (C=O) groups excluding carboxylic acids is 1. The van der Waals surface area contributed by atoms with Gasteiger partial charge in [0.25, 0.3) is 5.91 Å². The molecule has 1 atom stereocenters. The number of aryl methyl sites for hydroxylation is 1. The van der Waals surface area contributed by atoms with Gasteiger partial charge in [-0.3, -0.25) is 9.69 Å². The van der Waals surface area contributed by atoms with Crippen molar-refractivity contribution in [1.82, 2.24) is 15.0 Å². The zero-order chi connectivity index (χ0) is 17.4. The summed E-state index contributed by atoms with van der Waals surface area (Å²) in [6.45, 7) is 5.04. The van der Waals surface area contributed by atoms with Crippen LogP contribution in [0, 0.1) is 6.92 Å². The van der Waals surface area contributed by atoms with Gasteiger partial charge in [0, 0.05) is 32.2 Å². The first-order chi connectivity index (χ1) is 12.0. The summed E-state index contributed by atoms with van der Waals surface area (Å²) in [5, 5.41) is 14.8. The predicted molar refractivity (Wildman–Crippen MR) is 92.1 cm³/mol. The van der Waals surface area contributed by atoms with E-state index < -0.39 is 5.60 Å². The summed E-state index contributed by atoms with van der Waals surface area (Å²) in [5.41, 5.74) is 2.19. The summed E-state index contributed by atoms with van der Waals surface area (Å²) in [5.74, 6) is 0.446. The Labute approximate surface area is 147 Å². The molecule has 0 bridgehead atoms. The van der Waals surface area contributed by atoms with Gasteiger partial charge in [0.05, 0.1) is 12.1 Å². The van der Waals surface area contributed by atoms with Crippen molar-refractivity contribution >= 4 is 5.91 Å². The van der Waals surface area contributed by atoms with Crippen molar-refractivity contribution < 1.29 is 14.4 Å². The maximum Gasteiger partial charge on any atom is 0.276 e. The zero-order valence-corrected chi connectivity index (χ0v) is 14.4. The molecule has 25 heavy (non-hydrogen) atoms. The molecular formula is C19H23N3O3. The zero-order valence-electron chi connectivity index (χ0n) is 14.4. The number of aromatic nitrogens is 1. The molecule has 0 aliphatic carbocycles. The summed E-state index contributed by atoms with van der Waals surface area (Å²) < 4.78 is 4.98. The van der Waals surface area contributed by atoms with Crippen molar-refractivity contribution in [3.05, 3.63) is 52.9 Å². The number of aliphatic hydroxyl groups is 1. The number of β-amino-alcohol motifs (C(OH)–C–C–N with tert-alkyl or cyclic N) is 1. The lowest BCUT2D eigenvalue weighted by molar-refractivity contribution is 0.00795. The third kappa shape index (κ3) is 3.32. The van der Waals surface area contributed by atoms with Crippen LogP contribution in [-0.4, -0.2) is 57.8 Å². The monoisotopic (exact) mass is 341 g/mol. The standard InChI is InChI=1S/C19H23N3O3/c1-14-10-17(20-25-14)18(23)22-9-7-19(24,13-22)12-21-8-6-15-4-2-3-5-16(15)11-21/h2-5,10,24H,6-9,11-13H2,1H3. The van der Waals surface area contributed by atoms with Gasteiger partial charge >= 0.3 is 0 Å². The summed E-state index contributed by atoms with van der Waals surface area (Å²) in [4.78, 5) is 16.4. The summed E-state index contributed by atoms with van der Waals surface area (Å²) in [6, 6.07) is 10.1. The fraction of sp³-hybridized carbons (Fsp3) is 0.474. The first-order valence-corrected chi connectivity index (χ1v) is 8.77. The molecule has 132 valence electrons. The molecule has 0 radical (unpaired) electrons. The summed E-state index contributed by atoms with van der Waals surface area (Å²) in [7, 11) is 0. The molecule has 0 saturated carbocycles. The Kier molecular flexibility index (Phi) is 4.09. The molecular weight excluding hydrogens is 318 g/mol. The van der Waals surface area contributed by atoms with Crippen molar-refractivity contribution in [2.24, 2.45) is 0 Å². The van der Waals surface area contributed by atoms with Gasteiger partial charge in [0.15, 0.2) is 5.69 Å². The van der Waals surface area contributed by atoms with Crippen LogP contribution in [0.3, 0.4) is 0 Å². The Balaban J connectivity index is 1.39. The normalized spacial score (nSPS) is 23.7. The molecule has 1 aromatic heterocycles. The van der Waals surface area contributed by atoms with Crippen molar-refractivity contribution in [2.45, 2.75) is 31.9 Å². The first kappa shape index (κ1) is 16.3. The number of rotatable bonds is 3. The van der Waals surface area contributed by atoms with Crippen LogP contribution in [0.4, 0.5) is 0 Å². The third-order valence-electron chi connectivity index (χ3n) is 5.19. The van der Waals surface area contributed by atoms with Crippen LogP contribution < -0.4 is 0 Å². The summed E-state index contributed by atoms with van der Waals surface area (Å²) in [6.07, 6.45) is 1.60. The van der Waals surface area contributed by atoms with Crippen molar-refractivity contribution in [2.75, 3.05) is 26.2 Å². The molecule has 1 amide bonds. The van der Waals surface area contributed by atoms with Gasteiger partial charge in [0.1, 0.15) is 5.76 Å². The van der Waals surface area contributed by atoms with E-state index in [2.05, 4.69) is 34.3 Å². The van der Waals surface area contributed by atoms with Crippen LogP contribution >= 0.6 is 0 Å². The van der Waals surface area contributed by atoms with E-state index >= 15 is 0 Å². The highest BCUT2D eigenvalue weighted by atomic mass is 16.5. The van der Waals surface area contributed by atoms with E-state index in [4.69, 9.17) is 4.52 Å². The lowest BCUT2D eigenvalue weighted by atomic mass is 9.97. The fourth-order valence-corrected chi connectivity index (χ4v) is 3.89. The van der Waals surface area contributed by atoms with Crippen molar-refractivity contribution in [3.8, 4) is 0 Å². The van der Waals surface area contributed by atoms with Crippen molar-refractivity contribution in [3.63, 3.8) is 0 Å². The van der Waals surface area contributed by atoms with Gasteiger partial charge in [-0.2, -0.15) is 0 Å². The highest BCUT2D eigenvalue weighted by molar-refractivity contribution is 5.92. The number of benzene rings is 1. The number of hydrogen-bond acceptors (Lipinski definition) is 5.